The summed E-state index contributed by atoms with van der Waals surface area (Å²) < 4.78 is 7.39. The second-order valence-corrected chi connectivity index (χ2v) is 4.83. The first-order valence-electron chi connectivity index (χ1n) is 6.94. The Morgan fingerprint density at radius 3 is 3.00 bits per heavy atom. The average molecular weight is 272 g/mol. The summed E-state index contributed by atoms with van der Waals surface area (Å²) in [4.78, 5) is 12.0. The van der Waals surface area contributed by atoms with Crippen LogP contribution in [0.1, 0.15) is 35.7 Å². The highest BCUT2D eigenvalue weighted by molar-refractivity contribution is 5.95. The molecule has 0 fully saturated rings. The third kappa shape index (κ3) is 3.95. The van der Waals surface area contributed by atoms with Gasteiger partial charge in [-0.1, -0.05) is 19.1 Å². The average Bonchev–Trinajstić information content (AvgIpc) is 2.88. The maximum absolute atomic E-state index is 12.0. The van der Waals surface area contributed by atoms with E-state index in [1.807, 2.05) is 31.2 Å². The molecule has 0 aliphatic heterocycles. The van der Waals surface area contributed by atoms with E-state index in [1.165, 1.54) is 0 Å². The number of Topliss-reactive ketones (excluding diaryl/α,β-unsaturated/α-hetero) is 1. The minimum absolute atomic E-state index is 0.0695. The molecular weight excluding hydrogens is 252 g/mol. The molecule has 0 spiro atoms. The van der Waals surface area contributed by atoms with Crippen molar-refractivity contribution >= 4 is 5.78 Å². The first-order chi connectivity index (χ1) is 9.69. The molecule has 4 heteroatoms. The van der Waals surface area contributed by atoms with Gasteiger partial charge in [0.25, 0.3) is 0 Å². The summed E-state index contributed by atoms with van der Waals surface area (Å²) in [6.45, 7) is 5.33. The fraction of sp³-hybridized carbons (Fsp3) is 0.375. The van der Waals surface area contributed by atoms with Gasteiger partial charge in [0.2, 0.25) is 0 Å². The van der Waals surface area contributed by atoms with Crippen molar-refractivity contribution < 1.29 is 9.53 Å². The van der Waals surface area contributed by atoms with E-state index >= 15 is 0 Å². The number of ether oxygens (including phenoxy) is 1. The summed E-state index contributed by atoms with van der Waals surface area (Å²) >= 11 is 0. The molecule has 0 saturated heterocycles. The lowest BCUT2D eigenvalue weighted by atomic mass is 10.2. The number of aryl methyl sites for hydroxylation is 2. The summed E-state index contributed by atoms with van der Waals surface area (Å²) in [5.41, 5.74) is 1.81. The van der Waals surface area contributed by atoms with Crippen LogP contribution in [0.25, 0.3) is 0 Å². The number of hydrogen-bond acceptors (Lipinski definition) is 3. The Labute approximate surface area is 119 Å². The van der Waals surface area contributed by atoms with Gasteiger partial charge < -0.3 is 4.74 Å². The number of carbonyl (C=O) groups is 1. The lowest BCUT2D eigenvalue weighted by molar-refractivity contribution is 0.0962. The van der Waals surface area contributed by atoms with Gasteiger partial charge >= 0.3 is 0 Å². The predicted octanol–water partition coefficient (Wildman–Crippen LogP) is 3.25. The van der Waals surface area contributed by atoms with Gasteiger partial charge in [-0.3, -0.25) is 9.48 Å². The third-order valence-corrected chi connectivity index (χ3v) is 3.00. The van der Waals surface area contributed by atoms with Crippen LogP contribution in [0.5, 0.6) is 5.75 Å². The van der Waals surface area contributed by atoms with E-state index in [-0.39, 0.29) is 5.78 Å². The fourth-order valence-corrected chi connectivity index (χ4v) is 1.97. The first kappa shape index (κ1) is 14.3. The Kier molecular flexibility index (Phi) is 4.93. The number of ketones is 1. The highest BCUT2D eigenvalue weighted by atomic mass is 16.5. The highest BCUT2D eigenvalue weighted by Gasteiger charge is 2.08. The van der Waals surface area contributed by atoms with Gasteiger partial charge in [-0.2, -0.15) is 5.10 Å². The van der Waals surface area contributed by atoms with Crippen LogP contribution in [0.3, 0.4) is 0 Å². The zero-order valence-corrected chi connectivity index (χ0v) is 12.0. The predicted molar refractivity (Wildman–Crippen MR) is 78.1 cm³/mol. The van der Waals surface area contributed by atoms with Gasteiger partial charge in [0.05, 0.1) is 18.4 Å². The van der Waals surface area contributed by atoms with Crippen LogP contribution in [0, 0.1) is 6.92 Å². The number of rotatable bonds is 7. The van der Waals surface area contributed by atoms with Crippen molar-refractivity contribution in [3.05, 3.63) is 47.8 Å². The second kappa shape index (κ2) is 6.89. The Morgan fingerprint density at radius 1 is 1.40 bits per heavy atom. The Bertz CT molecular complexity index is 575. The number of aromatic nitrogens is 2. The molecule has 106 valence electrons. The summed E-state index contributed by atoms with van der Waals surface area (Å²) in [5.74, 6) is 0.875. The molecule has 1 aromatic heterocycles. The first-order valence-corrected chi connectivity index (χ1v) is 6.94. The molecule has 0 aliphatic rings. The number of nitrogens with zero attached hydrogens (tertiary/aromatic N) is 2. The van der Waals surface area contributed by atoms with Crippen LogP contribution in [-0.4, -0.2) is 22.2 Å². The summed E-state index contributed by atoms with van der Waals surface area (Å²) in [6.07, 6.45) is 4.81. The van der Waals surface area contributed by atoms with Gasteiger partial charge in [-0.15, -0.1) is 0 Å². The largest absolute Gasteiger partial charge is 0.493 e. The molecule has 0 aliphatic carbocycles. The summed E-state index contributed by atoms with van der Waals surface area (Å²) in [7, 11) is 0. The molecule has 0 bridgehead atoms. The highest BCUT2D eigenvalue weighted by Crippen LogP contribution is 2.13. The normalized spacial score (nSPS) is 10.5. The quantitative estimate of drug-likeness (QED) is 0.727. The van der Waals surface area contributed by atoms with E-state index in [1.54, 1.807) is 17.1 Å². The molecule has 1 heterocycles. The van der Waals surface area contributed by atoms with Gasteiger partial charge in [0.1, 0.15) is 5.75 Å². The minimum atomic E-state index is 0.0695. The second-order valence-electron chi connectivity index (χ2n) is 4.83. The van der Waals surface area contributed by atoms with Crippen molar-refractivity contribution in [2.45, 2.75) is 33.2 Å². The smallest absolute Gasteiger partial charge is 0.169 e. The van der Waals surface area contributed by atoms with Gasteiger partial charge in [-0.05, 0) is 31.0 Å². The van der Waals surface area contributed by atoms with Crippen molar-refractivity contribution in [2.75, 3.05) is 6.61 Å². The van der Waals surface area contributed by atoms with E-state index in [2.05, 4.69) is 12.0 Å². The van der Waals surface area contributed by atoms with Gasteiger partial charge in [-0.25, -0.2) is 0 Å². The van der Waals surface area contributed by atoms with Crippen LogP contribution in [0.2, 0.25) is 0 Å². The van der Waals surface area contributed by atoms with Gasteiger partial charge in [0.15, 0.2) is 5.78 Å². The molecule has 0 unspecified atom stereocenters. The van der Waals surface area contributed by atoms with Crippen LogP contribution >= 0.6 is 0 Å². The maximum Gasteiger partial charge on any atom is 0.169 e. The number of benzene rings is 1. The zero-order chi connectivity index (χ0) is 14.4. The molecule has 0 N–H and O–H groups in total. The van der Waals surface area contributed by atoms with Crippen molar-refractivity contribution in [3.63, 3.8) is 0 Å². The third-order valence-electron chi connectivity index (χ3n) is 3.00. The zero-order valence-electron chi connectivity index (χ0n) is 12.0. The Morgan fingerprint density at radius 2 is 2.25 bits per heavy atom. The summed E-state index contributed by atoms with van der Waals surface area (Å²) in [5, 5.41) is 4.16. The molecule has 2 aromatic rings. The van der Waals surface area contributed by atoms with E-state index in [9.17, 15) is 4.79 Å². The maximum atomic E-state index is 12.0. The molecule has 0 amide bonds. The van der Waals surface area contributed by atoms with Crippen LogP contribution in [0.15, 0.2) is 36.7 Å². The van der Waals surface area contributed by atoms with Crippen LogP contribution in [-0.2, 0) is 6.54 Å². The van der Waals surface area contributed by atoms with Crippen molar-refractivity contribution in [1.29, 1.82) is 0 Å². The number of hydrogen-bond donors (Lipinski definition) is 0. The molecule has 2 rings (SSSR count). The molecular formula is C16H20N2O2. The van der Waals surface area contributed by atoms with Crippen molar-refractivity contribution in [2.24, 2.45) is 0 Å². The standard InChI is InChI=1S/C16H20N2O2/c1-3-8-18-12-14(11-17-18)16(19)7-9-20-15-6-4-5-13(2)10-15/h4-6,10-12H,3,7-9H2,1-2H3. The van der Waals surface area contributed by atoms with E-state index in [0.29, 0.717) is 18.6 Å². The topological polar surface area (TPSA) is 44.1 Å². The van der Waals surface area contributed by atoms with E-state index in [4.69, 9.17) is 4.74 Å². The molecule has 1 aromatic carbocycles. The van der Waals surface area contributed by atoms with Gasteiger partial charge in [0, 0.05) is 19.2 Å². The van der Waals surface area contributed by atoms with Crippen LogP contribution < -0.4 is 4.74 Å². The molecule has 4 nitrogen and oxygen atoms in total. The fourth-order valence-electron chi connectivity index (χ4n) is 1.97. The molecule has 20 heavy (non-hydrogen) atoms. The lowest BCUT2D eigenvalue weighted by Gasteiger charge is -2.05. The minimum Gasteiger partial charge on any atom is -0.493 e. The Balaban J connectivity index is 1.82. The summed E-state index contributed by atoms with van der Waals surface area (Å²) in [6, 6.07) is 7.82. The van der Waals surface area contributed by atoms with Crippen LogP contribution in [0.4, 0.5) is 0 Å². The van der Waals surface area contributed by atoms with E-state index < -0.39 is 0 Å². The Hall–Kier alpha value is -2.10. The SMILES string of the molecule is CCCn1cc(C(=O)CCOc2cccc(C)c2)cn1. The lowest BCUT2D eigenvalue weighted by Crippen LogP contribution is -2.06. The molecule has 0 radical (unpaired) electrons. The van der Waals surface area contributed by atoms with Crippen molar-refractivity contribution in [1.82, 2.24) is 9.78 Å². The van der Waals surface area contributed by atoms with E-state index in [0.717, 1.165) is 24.3 Å². The molecule has 0 atom stereocenters. The van der Waals surface area contributed by atoms with Crippen molar-refractivity contribution in [3.8, 4) is 5.75 Å². The monoisotopic (exact) mass is 272 g/mol. The number of carbonyl (C=O) groups excluding carboxylic acids is 1. The molecule has 0 saturated carbocycles.